The van der Waals surface area contributed by atoms with Gasteiger partial charge in [-0.1, -0.05) is 142 Å². The standard InChI is InChI=1S/C52H90O7/c1-7-8-9-10-11-12-13-14-15-16-17-18-19-20-21-22-26-46(53)57-36-45-47(54)48(55)49(56)50(59-45)58-40-31-33-51(5)39(35-40)27-28-41-43-30-29-42(38(4)25-23-24-37(2)3)52(43,6)34-32-44(41)51/h15-16,27,37-38,40-45,47-50,54-56H,7-14,17-26,28-36H2,1-6H3/b16-15-. The molecular weight excluding hydrogens is 737 g/mol. The SMILES string of the molecule is CCCCCCCCC/C=C\CCCCCCCC(=O)OCC1OC(OC2CCC3(C)C(=CCC4C3CCC3(C)C(C(C)CCCC(C)C)CCC43)C2)C(O)C(O)C1O. The third kappa shape index (κ3) is 13.1. The molecule has 340 valence electrons. The van der Waals surface area contributed by atoms with Gasteiger partial charge in [-0.2, -0.15) is 0 Å². The van der Waals surface area contributed by atoms with Gasteiger partial charge in [0.15, 0.2) is 6.29 Å². The van der Waals surface area contributed by atoms with Gasteiger partial charge < -0.3 is 29.5 Å². The average molecular weight is 827 g/mol. The summed E-state index contributed by atoms with van der Waals surface area (Å²) in [5, 5.41) is 32.5. The van der Waals surface area contributed by atoms with Gasteiger partial charge in [0, 0.05) is 6.42 Å². The molecule has 3 saturated carbocycles. The van der Waals surface area contributed by atoms with Gasteiger partial charge in [0.05, 0.1) is 6.10 Å². The summed E-state index contributed by atoms with van der Waals surface area (Å²) in [6.07, 6.45) is 31.6. The molecule has 4 fully saturated rings. The Labute approximate surface area is 361 Å². The first-order chi connectivity index (χ1) is 28.4. The largest absolute Gasteiger partial charge is 0.463 e. The van der Waals surface area contributed by atoms with Crippen molar-refractivity contribution in [3.05, 3.63) is 23.8 Å². The number of aliphatic hydroxyl groups is 3. The van der Waals surface area contributed by atoms with Crippen molar-refractivity contribution in [3.63, 3.8) is 0 Å². The summed E-state index contributed by atoms with van der Waals surface area (Å²) < 4.78 is 18.0. The zero-order valence-electron chi connectivity index (χ0n) is 38.7. The van der Waals surface area contributed by atoms with Gasteiger partial charge >= 0.3 is 5.97 Å². The van der Waals surface area contributed by atoms with Gasteiger partial charge in [-0.05, 0) is 130 Å². The van der Waals surface area contributed by atoms with Crippen molar-refractivity contribution in [3.8, 4) is 0 Å². The van der Waals surface area contributed by atoms with Gasteiger partial charge in [0.1, 0.15) is 31.0 Å². The normalized spacial score (nSPS) is 36.3. The van der Waals surface area contributed by atoms with Crippen molar-refractivity contribution >= 4 is 5.97 Å². The summed E-state index contributed by atoms with van der Waals surface area (Å²) in [6, 6.07) is 0. The molecule has 1 saturated heterocycles. The third-order valence-electron chi connectivity index (χ3n) is 16.6. The molecule has 5 rings (SSSR count). The number of rotatable bonds is 25. The van der Waals surface area contributed by atoms with Crippen LogP contribution < -0.4 is 0 Å². The molecule has 0 amide bonds. The van der Waals surface area contributed by atoms with Gasteiger partial charge in [-0.25, -0.2) is 0 Å². The molecule has 0 aromatic heterocycles. The monoisotopic (exact) mass is 827 g/mol. The van der Waals surface area contributed by atoms with Crippen LogP contribution in [0.1, 0.15) is 208 Å². The fourth-order valence-electron chi connectivity index (χ4n) is 12.9. The lowest BCUT2D eigenvalue weighted by molar-refractivity contribution is -0.313. The Kier molecular flexibility index (Phi) is 19.8. The molecule has 5 aliphatic rings. The molecule has 0 aromatic rings. The minimum absolute atomic E-state index is 0.140. The maximum atomic E-state index is 12.6. The molecule has 1 aliphatic heterocycles. The predicted octanol–water partition coefficient (Wildman–Crippen LogP) is 12.2. The first-order valence-corrected chi connectivity index (χ1v) is 25.2. The number of carbonyl (C=O) groups excluding carboxylic acids is 1. The van der Waals surface area contributed by atoms with Crippen molar-refractivity contribution in [2.75, 3.05) is 6.61 Å². The number of esters is 1. The molecule has 0 radical (unpaired) electrons. The molecule has 0 bridgehead atoms. The summed E-state index contributed by atoms with van der Waals surface area (Å²) in [6.45, 7) is 14.5. The molecular formula is C52H90O7. The molecule has 7 heteroatoms. The van der Waals surface area contributed by atoms with E-state index in [1.165, 1.54) is 108 Å². The lowest BCUT2D eigenvalue weighted by Crippen LogP contribution is -2.60. The quantitative estimate of drug-likeness (QED) is 0.0478. The number of allylic oxidation sites excluding steroid dienone is 3. The molecule has 13 unspecified atom stereocenters. The molecule has 59 heavy (non-hydrogen) atoms. The average Bonchev–Trinajstić information content (AvgIpc) is 3.57. The lowest BCUT2D eigenvalue weighted by atomic mass is 9.47. The maximum absolute atomic E-state index is 12.6. The second-order valence-electron chi connectivity index (χ2n) is 21.2. The van der Waals surface area contributed by atoms with Crippen LogP contribution in [0.15, 0.2) is 23.8 Å². The number of ether oxygens (including phenoxy) is 3. The van der Waals surface area contributed by atoms with E-state index in [9.17, 15) is 20.1 Å². The van der Waals surface area contributed by atoms with Crippen LogP contribution >= 0.6 is 0 Å². The minimum atomic E-state index is -1.44. The summed E-state index contributed by atoms with van der Waals surface area (Å²) in [5.41, 5.74) is 2.14. The Morgan fingerprint density at radius 3 is 2.17 bits per heavy atom. The van der Waals surface area contributed by atoms with Gasteiger partial charge in [0.25, 0.3) is 0 Å². The highest BCUT2D eigenvalue weighted by Gasteiger charge is 2.59. The molecule has 4 aliphatic carbocycles. The molecule has 13 atom stereocenters. The summed E-state index contributed by atoms with van der Waals surface area (Å²) in [5.74, 6) is 4.43. The van der Waals surface area contributed by atoms with Crippen molar-refractivity contribution < 1.29 is 34.3 Å². The molecule has 0 aromatic carbocycles. The Morgan fingerprint density at radius 1 is 0.797 bits per heavy atom. The fraction of sp³-hybridized carbons (Fsp3) is 0.904. The molecule has 7 nitrogen and oxygen atoms in total. The first kappa shape index (κ1) is 48.8. The van der Waals surface area contributed by atoms with Crippen molar-refractivity contribution in [1.29, 1.82) is 0 Å². The highest BCUT2D eigenvalue weighted by atomic mass is 16.7. The van der Waals surface area contributed by atoms with Crippen molar-refractivity contribution in [2.24, 2.45) is 46.3 Å². The number of fused-ring (bicyclic) bond motifs is 5. The predicted molar refractivity (Wildman–Crippen MR) is 240 cm³/mol. The Bertz CT molecular complexity index is 1300. The summed E-state index contributed by atoms with van der Waals surface area (Å²) in [7, 11) is 0. The zero-order valence-corrected chi connectivity index (χ0v) is 38.7. The van der Waals surface area contributed by atoms with Gasteiger partial charge in [-0.15, -0.1) is 0 Å². The Morgan fingerprint density at radius 2 is 1.47 bits per heavy atom. The van der Waals surface area contributed by atoms with E-state index in [0.29, 0.717) is 17.8 Å². The molecule has 0 spiro atoms. The van der Waals surface area contributed by atoms with Gasteiger partial charge in [0.2, 0.25) is 0 Å². The van der Waals surface area contributed by atoms with E-state index in [1.807, 2.05) is 0 Å². The van der Waals surface area contributed by atoms with E-state index in [1.54, 1.807) is 0 Å². The lowest BCUT2D eigenvalue weighted by Gasteiger charge is -2.58. The first-order valence-electron chi connectivity index (χ1n) is 25.2. The zero-order chi connectivity index (χ0) is 42.4. The maximum Gasteiger partial charge on any atom is 0.305 e. The molecule has 3 N–H and O–H groups in total. The highest BCUT2D eigenvalue weighted by molar-refractivity contribution is 5.69. The number of hydrogen-bond acceptors (Lipinski definition) is 7. The Balaban J connectivity index is 0.998. The van der Waals surface area contributed by atoms with Crippen molar-refractivity contribution in [2.45, 2.75) is 245 Å². The van der Waals surface area contributed by atoms with Crippen LogP contribution in [0.2, 0.25) is 0 Å². The Hall–Kier alpha value is -1.25. The van der Waals surface area contributed by atoms with E-state index < -0.39 is 30.7 Å². The van der Waals surface area contributed by atoms with Crippen molar-refractivity contribution in [1.82, 2.24) is 0 Å². The number of unbranched alkanes of at least 4 members (excludes halogenated alkanes) is 12. The smallest absolute Gasteiger partial charge is 0.305 e. The fourth-order valence-corrected chi connectivity index (χ4v) is 12.9. The number of hydrogen-bond donors (Lipinski definition) is 3. The second-order valence-corrected chi connectivity index (χ2v) is 21.2. The van der Waals surface area contributed by atoms with Crippen LogP contribution in [0.4, 0.5) is 0 Å². The topological polar surface area (TPSA) is 105 Å². The second kappa shape index (κ2) is 24.0. The third-order valence-corrected chi connectivity index (χ3v) is 16.6. The summed E-state index contributed by atoms with van der Waals surface area (Å²) in [4.78, 5) is 12.6. The van der Waals surface area contributed by atoms with Crippen LogP contribution in [0.5, 0.6) is 0 Å². The number of aliphatic hydroxyl groups excluding tert-OH is 3. The highest BCUT2D eigenvalue weighted by Crippen LogP contribution is 2.67. The van der Waals surface area contributed by atoms with Gasteiger partial charge in [-0.3, -0.25) is 4.79 Å². The minimum Gasteiger partial charge on any atom is -0.463 e. The van der Waals surface area contributed by atoms with Crippen LogP contribution in [-0.2, 0) is 19.0 Å². The van der Waals surface area contributed by atoms with Crippen LogP contribution in [0, 0.1) is 46.3 Å². The summed E-state index contributed by atoms with van der Waals surface area (Å²) >= 11 is 0. The van der Waals surface area contributed by atoms with E-state index in [0.717, 1.165) is 87.4 Å². The van der Waals surface area contributed by atoms with E-state index in [2.05, 4.69) is 59.8 Å². The molecule has 1 heterocycles. The van der Waals surface area contributed by atoms with Crippen LogP contribution in [0.25, 0.3) is 0 Å². The van der Waals surface area contributed by atoms with E-state index >= 15 is 0 Å². The van der Waals surface area contributed by atoms with Crippen LogP contribution in [-0.4, -0.2) is 64.7 Å². The number of carbonyl (C=O) groups is 1. The van der Waals surface area contributed by atoms with Crippen LogP contribution in [0.3, 0.4) is 0 Å². The van der Waals surface area contributed by atoms with E-state index in [-0.39, 0.29) is 24.1 Å². The van der Waals surface area contributed by atoms with E-state index in [4.69, 9.17) is 14.2 Å².